The Morgan fingerprint density at radius 2 is 1.48 bits per heavy atom. The number of halogens is 3. The molecule has 0 radical (unpaired) electrons. The first-order chi connectivity index (χ1) is 13.3. The lowest BCUT2D eigenvalue weighted by Crippen LogP contribution is -2.51. The molecule has 2 aliphatic carbocycles. The third-order valence-corrected chi connectivity index (χ3v) is 8.61. The number of alkyl halides is 3. The normalized spacial score (nSPS) is 32.0. The summed E-state index contributed by atoms with van der Waals surface area (Å²) in [5, 5.41) is 9.88. The summed E-state index contributed by atoms with van der Waals surface area (Å²) in [6.07, 6.45) is -4.67. The first kappa shape index (κ1) is 20.6. The van der Waals surface area contributed by atoms with E-state index in [1.165, 1.54) is 4.90 Å². The lowest BCUT2D eigenvalue weighted by molar-refractivity contribution is -0.274. The van der Waals surface area contributed by atoms with Crippen LogP contribution in [0.2, 0.25) is 0 Å². The molecule has 1 aliphatic heterocycles. The van der Waals surface area contributed by atoms with Crippen molar-refractivity contribution in [1.29, 1.82) is 0 Å². The van der Waals surface area contributed by atoms with Gasteiger partial charge in [0.05, 0.1) is 5.41 Å². The number of hydrogen-bond donors (Lipinski definition) is 2. The number of amides is 1. The van der Waals surface area contributed by atoms with Crippen LogP contribution in [-0.2, 0) is 19.7 Å². The van der Waals surface area contributed by atoms with E-state index in [2.05, 4.69) is 0 Å². The predicted molar refractivity (Wildman–Crippen MR) is 97.8 cm³/mol. The summed E-state index contributed by atoms with van der Waals surface area (Å²) in [6.45, 7) is 0.353. The zero-order chi connectivity index (χ0) is 21.3. The van der Waals surface area contributed by atoms with Crippen molar-refractivity contribution in [3.63, 3.8) is 0 Å². The van der Waals surface area contributed by atoms with E-state index in [0.717, 1.165) is 0 Å². The molecular formula is C19H22F3NO5S. The molecule has 1 aromatic carbocycles. The molecule has 4 rings (SSSR count). The van der Waals surface area contributed by atoms with Gasteiger partial charge >= 0.3 is 6.18 Å². The van der Waals surface area contributed by atoms with Crippen molar-refractivity contribution in [2.45, 2.75) is 61.5 Å². The summed E-state index contributed by atoms with van der Waals surface area (Å²) in [6, 6.07) is 6.34. The van der Waals surface area contributed by atoms with Crippen molar-refractivity contribution < 1.29 is 36.0 Å². The Morgan fingerprint density at radius 3 is 1.93 bits per heavy atom. The van der Waals surface area contributed by atoms with E-state index >= 15 is 0 Å². The highest BCUT2D eigenvalue weighted by atomic mass is 32.2. The molecule has 160 valence electrons. The van der Waals surface area contributed by atoms with Crippen LogP contribution >= 0.6 is 0 Å². The van der Waals surface area contributed by atoms with Gasteiger partial charge in [-0.25, -0.2) is 0 Å². The zero-order valence-electron chi connectivity index (χ0n) is 15.6. The molecule has 0 atom stereocenters. The predicted octanol–water partition coefficient (Wildman–Crippen LogP) is 3.15. The van der Waals surface area contributed by atoms with Gasteiger partial charge in [0.2, 0.25) is 5.91 Å². The molecule has 1 amide bonds. The second kappa shape index (κ2) is 6.18. The second-order valence-electron chi connectivity index (χ2n) is 8.53. The van der Waals surface area contributed by atoms with Crippen LogP contribution in [0.15, 0.2) is 24.3 Å². The minimum Gasteiger partial charge on any atom is -0.380 e. The van der Waals surface area contributed by atoms with Crippen molar-refractivity contribution in [3.8, 4) is 0 Å². The molecule has 3 fully saturated rings. The van der Waals surface area contributed by atoms with Gasteiger partial charge in [0.25, 0.3) is 10.1 Å². The largest absolute Gasteiger partial charge is 0.417 e. The fourth-order valence-corrected chi connectivity index (χ4v) is 5.76. The molecule has 3 aliphatic rings. The van der Waals surface area contributed by atoms with Crippen LogP contribution in [-0.4, -0.2) is 42.3 Å². The van der Waals surface area contributed by atoms with Crippen molar-refractivity contribution in [2.75, 3.05) is 11.4 Å². The van der Waals surface area contributed by atoms with Crippen molar-refractivity contribution >= 4 is 21.7 Å². The van der Waals surface area contributed by atoms with Gasteiger partial charge in [0, 0.05) is 12.2 Å². The standard InChI is InChI=1S/C19H22F3NO5S/c20-19(21,22)18(25)9-5-16(6-10-18)11-12-23(15(16)24)14-3-1-13(2-4-14)17(7-8-17)29(26,27)28/h1-4,25H,5-12H2,(H,26,27,28)/t16-,18+. The molecule has 10 heteroatoms. The van der Waals surface area contributed by atoms with Crippen molar-refractivity contribution in [2.24, 2.45) is 5.41 Å². The summed E-state index contributed by atoms with van der Waals surface area (Å²) in [5.74, 6) is -0.259. The second-order valence-corrected chi connectivity index (χ2v) is 10.3. The number of rotatable bonds is 3. The van der Waals surface area contributed by atoms with Gasteiger partial charge in [0.15, 0.2) is 5.60 Å². The molecule has 2 N–H and O–H groups in total. The number of carbonyl (C=O) groups excluding carboxylic acids is 1. The monoisotopic (exact) mass is 433 g/mol. The Balaban J connectivity index is 1.51. The Bertz CT molecular complexity index is 930. The van der Waals surface area contributed by atoms with E-state index in [9.17, 15) is 36.0 Å². The number of carbonyl (C=O) groups is 1. The molecule has 0 bridgehead atoms. The van der Waals surface area contributed by atoms with E-state index in [-0.39, 0.29) is 18.7 Å². The Morgan fingerprint density at radius 1 is 0.931 bits per heavy atom. The van der Waals surface area contributed by atoms with Gasteiger partial charge in [-0.2, -0.15) is 21.6 Å². The summed E-state index contributed by atoms with van der Waals surface area (Å²) in [7, 11) is -4.23. The Kier molecular flexibility index (Phi) is 4.39. The molecule has 1 spiro atoms. The fraction of sp³-hybridized carbons (Fsp3) is 0.632. The Hall–Kier alpha value is -1.65. The lowest BCUT2D eigenvalue weighted by Gasteiger charge is -2.41. The van der Waals surface area contributed by atoms with Gasteiger partial charge in [0.1, 0.15) is 4.75 Å². The maximum absolute atomic E-state index is 13.1. The maximum atomic E-state index is 13.1. The van der Waals surface area contributed by atoms with Crippen LogP contribution in [0, 0.1) is 5.41 Å². The quantitative estimate of drug-likeness (QED) is 0.714. The SMILES string of the molecule is O=C1N(c2ccc(C3(S(=O)(=O)O)CC3)cc2)CC[C@]12CC[C@@](O)(C(F)(F)F)CC2. The van der Waals surface area contributed by atoms with E-state index in [1.807, 2.05) is 0 Å². The molecule has 1 saturated heterocycles. The van der Waals surface area contributed by atoms with E-state index in [4.69, 9.17) is 0 Å². The van der Waals surface area contributed by atoms with Gasteiger partial charge in [-0.1, -0.05) is 12.1 Å². The van der Waals surface area contributed by atoms with Crippen molar-refractivity contribution in [1.82, 2.24) is 0 Å². The number of nitrogens with zero attached hydrogens (tertiary/aromatic N) is 1. The molecule has 1 heterocycles. The van der Waals surface area contributed by atoms with Crippen LogP contribution in [0.5, 0.6) is 0 Å². The van der Waals surface area contributed by atoms with Crippen LogP contribution in [0.4, 0.5) is 18.9 Å². The highest BCUT2D eigenvalue weighted by molar-refractivity contribution is 7.87. The first-order valence-corrected chi connectivity index (χ1v) is 11.0. The van der Waals surface area contributed by atoms with Crippen LogP contribution < -0.4 is 4.90 Å². The van der Waals surface area contributed by atoms with E-state index < -0.39 is 44.9 Å². The summed E-state index contributed by atoms with van der Waals surface area (Å²) < 4.78 is 70.6. The lowest BCUT2D eigenvalue weighted by atomic mass is 9.67. The van der Waals surface area contributed by atoms with Gasteiger partial charge in [-0.3, -0.25) is 9.35 Å². The summed E-state index contributed by atoms with van der Waals surface area (Å²) in [5.41, 5.74) is -2.64. The topological polar surface area (TPSA) is 94.9 Å². The highest BCUT2D eigenvalue weighted by Gasteiger charge is 2.60. The third kappa shape index (κ3) is 3.07. The molecule has 1 aromatic rings. The molecule has 2 saturated carbocycles. The molecular weight excluding hydrogens is 411 g/mol. The number of benzene rings is 1. The van der Waals surface area contributed by atoms with Crippen LogP contribution in [0.1, 0.15) is 50.5 Å². The van der Waals surface area contributed by atoms with Gasteiger partial charge < -0.3 is 10.0 Å². The number of hydrogen-bond acceptors (Lipinski definition) is 4. The van der Waals surface area contributed by atoms with E-state index in [1.54, 1.807) is 24.3 Å². The van der Waals surface area contributed by atoms with E-state index in [0.29, 0.717) is 37.1 Å². The molecule has 29 heavy (non-hydrogen) atoms. The Labute approximate surface area is 166 Å². The average molecular weight is 433 g/mol. The summed E-state index contributed by atoms with van der Waals surface area (Å²) >= 11 is 0. The molecule has 0 unspecified atom stereocenters. The number of anilines is 1. The highest BCUT2D eigenvalue weighted by Crippen LogP contribution is 2.54. The minimum absolute atomic E-state index is 0.0255. The van der Waals surface area contributed by atoms with Crippen molar-refractivity contribution in [3.05, 3.63) is 29.8 Å². The molecule has 6 nitrogen and oxygen atoms in total. The van der Waals surface area contributed by atoms with Gasteiger partial charge in [-0.15, -0.1) is 0 Å². The smallest absolute Gasteiger partial charge is 0.380 e. The van der Waals surface area contributed by atoms with Crippen LogP contribution in [0.3, 0.4) is 0 Å². The van der Waals surface area contributed by atoms with Gasteiger partial charge in [-0.05, 0) is 62.6 Å². The fourth-order valence-electron chi connectivity index (χ4n) is 4.71. The number of aliphatic hydroxyl groups is 1. The first-order valence-electron chi connectivity index (χ1n) is 9.52. The van der Waals surface area contributed by atoms with Crippen LogP contribution in [0.25, 0.3) is 0 Å². The zero-order valence-corrected chi connectivity index (χ0v) is 16.4. The summed E-state index contributed by atoms with van der Waals surface area (Å²) in [4.78, 5) is 14.5. The maximum Gasteiger partial charge on any atom is 0.417 e. The average Bonchev–Trinajstić information content (AvgIpc) is 3.40. The minimum atomic E-state index is -4.71. The molecule has 0 aromatic heterocycles. The third-order valence-electron chi connectivity index (χ3n) is 6.98.